The molecule has 7 nitrogen and oxygen atoms in total. The van der Waals surface area contributed by atoms with Crippen molar-refractivity contribution in [2.45, 2.75) is 43.1 Å². The molecular weight excluding hydrogens is 506 g/mol. The Morgan fingerprint density at radius 3 is 2.92 bits per heavy atom. The van der Waals surface area contributed by atoms with E-state index in [0.29, 0.717) is 41.0 Å². The molecule has 2 aliphatic rings. The van der Waals surface area contributed by atoms with Gasteiger partial charge in [-0.2, -0.15) is 5.26 Å². The maximum absolute atomic E-state index is 13.3. The van der Waals surface area contributed by atoms with E-state index in [2.05, 4.69) is 16.4 Å². The maximum Gasteiger partial charge on any atom is 0.280 e. The summed E-state index contributed by atoms with van der Waals surface area (Å²) in [7, 11) is 1.53. The Morgan fingerprint density at radius 1 is 1.44 bits per heavy atom. The van der Waals surface area contributed by atoms with Crippen LogP contribution in [0, 0.1) is 18.3 Å². The van der Waals surface area contributed by atoms with Crippen LogP contribution in [0.1, 0.15) is 47.2 Å². The number of pyridine rings is 1. The molecule has 0 aliphatic carbocycles. The number of hydrogen-bond donors (Lipinski definition) is 1. The molecule has 0 bridgehead atoms. The number of aryl methyl sites for hydroxylation is 1. The van der Waals surface area contributed by atoms with Gasteiger partial charge in [0.15, 0.2) is 5.11 Å². The quantitative estimate of drug-likeness (QED) is 0.298. The second kappa shape index (κ2) is 11.3. The van der Waals surface area contributed by atoms with E-state index in [9.17, 15) is 18.8 Å². The molecule has 1 aromatic heterocycles. The highest BCUT2D eigenvalue weighted by molar-refractivity contribution is 7.98. The molecule has 1 amide bonds. The fraction of sp³-hybridized carbons (Fsp3) is 0.360. The van der Waals surface area contributed by atoms with Crippen LogP contribution in [-0.2, 0) is 15.3 Å². The summed E-state index contributed by atoms with van der Waals surface area (Å²) in [6.45, 7) is 2.72. The lowest BCUT2D eigenvalue weighted by Crippen LogP contribution is -2.37. The predicted octanol–water partition coefficient (Wildman–Crippen LogP) is 4.74. The van der Waals surface area contributed by atoms with Crippen molar-refractivity contribution in [2.75, 3.05) is 20.3 Å². The third-order valence-electron chi connectivity index (χ3n) is 5.89. The number of nitrogens with zero attached hydrogens (tertiary/aromatic N) is 3. The Bertz CT molecular complexity index is 1260. The van der Waals surface area contributed by atoms with E-state index in [-0.39, 0.29) is 28.3 Å². The average Bonchev–Trinajstić information content (AvgIpc) is 3.46. The van der Waals surface area contributed by atoms with Crippen LogP contribution in [0.3, 0.4) is 0 Å². The van der Waals surface area contributed by atoms with Crippen molar-refractivity contribution in [1.29, 1.82) is 5.26 Å². The lowest BCUT2D eigenvalue weighted by Gasteiger charge is -2.18. The first-order valence-electron chi connectivity index (χ1n) is 11.3. The first kappa shape index (κ1) is 26.0. The molecule has 1 unspecified atom stereocenters. The monoisotopic (exact) mass is 530 g/mol. The Kier molecular flexibility index (Phi) is 8.18. The van der Waals surface area contributed by atoms with Crippen molar-refractivity contribution in [1.82, 2.24) is 15.2 Å². The molecule has 2 fully saturated rings. The van der Waals surface area contributed by atoms with E-state index >= 15 is 0 Å². The zero-order chi connectivity index (χ0) is 25.8. The van der Waals surface area contributed by atoms with E-state index in [4.69, 9.17) is 21.7 Å². The molecule has 2 aromatic rings. The van der Waals surface area contributed by atoms with Crippen molar-refractivity contribution in [2.24, 2.45) is 0 Å². The van der Waals surface area contributed by atoms with Crippen molar-refractivity contribution >= 4 is 41.1 Å². The van der Waals surface area contributed by atoms with E-state index in [0.717, 1.165) is 24.0 Å². The molecule has 188 valence electrons. The molecule has 1 N–H and O–H groups in total. The fourth-order valence-electron chi connectivity index (χ4n) is 4.06. The van der Waals surface area contributed by atoms with Crippen LogP contribution in [0.25, 0.3) is 6.08 Å². The highest BCUT2D eigenvalue weighted by Gasteiger charge is 2.33. The number of amides is 1. The minimum atomic E-state index is -2.73. The van der Waals surface area contributed by atoms with Crippen LogP contribution in [0.4, 0.5) is 8.78 Å². The van der Waals surface area contributed by atoms with Gasteiger partial charge in [0, 0.05) is 17.9 Å². The molecule has 2 aliphatic heterocycles. The summed E-state index contributed by atoms with van der Waals surface area (Å²) in [5.74, 6) is 0.689. The van der Waals surface area contributed by atoms with Crippen LogP contribution in [0.5, 0.6) is 5.75 Å². The number of nitrogens with one attached hydrogen (secondary N) is 1. The summed E-state index contributed by atoms with van der Waals surface area (Å²) >= 11 is 6.53. The summed E-state index contributed by atoms with van der Waals surface area (Å²) in [6.07, 6.45) is 0.824. The number of thioether (sulfide) groups is 1. The van der Waals surface area contributed by atoms with Gasteiger partial charge < -0.3 is 14.8 Å². The van der Waals surface area contributed by atoms with Crippen molar-refractivity contribution < 1.29 is 23.0 Å². The molecule has 2 saturated heterocycles. The number of methoxy groups -OCH3 is 1. The number of carbonyl (C=O) groups excluding carboxylic acids is 1. The zero-order valence-corrected chi connectivity index (χ0v) is 21.3. The minimum absolute atomic E-state index is 0.0169. The van der Waals surface area contributed by atoms with Crippen LogP contribution < -0.4 is 10.1 Å². The number of hydrogen-bond acceptors (Lipinski definition) is 7. The number of rotatable bonds is 8. The van der Waals surface area contributed by atoms with Crippen molar-refractivity contribution in [3.8, 4) is 11.8 Å². The molecule has 1 aromatic carbocycles. The summed E-state index contributed by atoms with van der Waals surface area (Å²) < 4.78 is 37.6. The van der Waals surface area contributed by atoms with Crippen LogP contribution in [-0.4, -0.2) is 47.3 Å². The van der Waals surface area contributed by atoms with Gasteiger partial charge in [0.05, 0.1) is 25.3 Å². The standard InChI is InChI=1S/C25H24F2N4O3S2/c1-14-8-19(22(26)27)29-23(18(14)11-28)36-13-16-9-15(5-6-21(16)33-2)10-20-24(32)31(25(35)30-20)12-17-4-3-7-34-17/h5-6,8-10,17,22H,3-4,7,12-13H2,1-2H3,(H,30,35)/b20-10+. The highest BCUT2D eigenvalue weighted by Crippen LogP contribution is 2.33. The second-order valence-corrected chi connectivity index (χ2v) is 9.71. The maximum atomic E-state index is 13.3. The minimum Gasteiger partial charge on any atom is -0.496 e. The van der Waals surface area contributed by atoms with E-state index in [1.54, 1.807) is 25.1 Å². The number of benzene rings is 1. The number of aromatic nitrogens is 1. The summed E-state index contributed by atoms with van der Waals surface area (Å²) in [5.41, 5.74) is 2.19. The van der Waals surface area contributed by atoms with Crippen molar-refractivity contribution in [3.05, 3.63) is 57.9 Å². The molecular formula is C25H24F2N4O3S2. The van der Waals surface area contributed by atoms with E-state index in [1.807, 2.05) is 6.07 Å². The number of halogens is 2. The van der Waals surface area contributed by atoms with Crippen LogP contribution in [0.15, 0.2) is 35.0 Å². The summed E-state index contributed by atoms with van der Waals surface area (Å²) in [4.78, 5) is 18.5. The molecule has 3 heterocycles. The first-order chi connectivity index (χ1) is 17.3. The molecule has 1 atom stereocenters. The molecule has 4 rings (SSSR count). The molecule has 11 heteroatoms. The molecule has 0 radical (unpaired) electrons. The normalized spacial score (nSPS) is 18.7. The average molecular weight is 531 g/mol. The van der Waals surface area contributed by atoms with Gasteiger partial charge in [-0.1, -0.05) is 6.07 Å². The second-order valence-electron chi connectivity index (χ2n) is 8.36. The third-order valence-corrected chi connectivity index (χ3v) is 7.24. The number of carbonyl (C=O) groups is 1. The van der Waals surface area contributed by atoms with E-state index in [1.165, 1.54) is 29.8 Å². The summed E-state index contributed by atoms with van der Waals surface area (Å²) in [5, 5.41) is 13.1. The number of alkyl halides is 2. The van der Waals surface area contributed by atoms with Gasteiger partial charge in [-0.25, -0.2) is 13.8 Å². The highest BCUT2D eigenvalue weighted by atomic mass is 32.2. The van der Waals surface area contributed by atoms with Gasteiger partial charge in [-0.15, -0.1) is 11.8 Å². The predicted molar refractivity (Wildman–Crippen MR) is 136 cm³/mol. The Balaban J connectivity index is 1.55. The SMILES string of the molecule is COc1ccc(/C=C2/NC(=S)N(CC3CCCO3)C2=O)cc1CSc1nc(C(F)F)cc(C)c1C#N. The Hall–Kier alpha value is -3.07. The van der Waals surface area contributed by atoms with Gasteiger partial charge in [0.2, 0.25) is 0 Å². The Labute approximate surface area is 217 Å². The number of ether oxygens (including phenoxy) is 2. The number of thiocarbonyl (C=S) groups is 1. The third kappa shape index (κ3) is 5.67. The largest absolute Gasteiger partial charge is 0.496 e. The summed E-state index contributed by atoms with van der Waals surface area (Å²) in [6, 6.07) is 8.70. The lowest BCUT2D eigenvalue weighted by atomic mass is 10.1. The van der Waals surface area contributed by atoms with Crippen LogP contribution in [0.2, 0.25) is 0 Å². The van der Waals surface area contributed by atoms with E-state index < -0.39 is 6.43 Å². The molecule has 0 saturated carbocycles. The smallest absolute Gasteiger partial charge is 0.280 e. The fourth-order valence-corrected chi connectivity index (χ4v) is 5.37. The zero-order valence-electron chi connectivity index (χ0n) is 19.7. The van der Waals surface area contributed by atoms with Gasteiger partial charge in [0.1, 0.15) is 28.2 Å². The lowest BCUT2D eigenvalue weighted by molar-refractivity contribution is -0.123. The molecule has 36 heavy (non-hydrogen) atoms. The van der Waals surface area contributed by atoms with Crippen LogP contribution >= 0.6 is 24.0 Å². The Morgan fingerprint density at radius 2 is 2.25 bits per heavy atom. The van der Waals surface area contributed by atoms with Gasteiger partial charge >= 0.3 is 0 Å². The van der Waals surface area contributed by atoms with Gasteiger partial charge in [-0.3, -0.25) is 9.69 Å². The van der Waals surface area contributed by atoms with Crippen molar-refractivity contribution in [3.63, 3.8) is 0 Å². The van der Waals surface area contributed by atoms with Gasteiger partial charge in [-0.05, 0) is 67.4 Å². The van der Waals surface area contributed by atoms with Gasteiger partial charge in [0.25, 0.3) is 12.3 Å². The number of nitriles is 1. The molecule has 0 spiro atoms. The topological polar surface area (TPSA) is 87.5 Å². The first-order valence-corrected chi connectivity index (χ1v) is 12.7.